The smallest absolute Gasteiger partial charge is 0.259 e. The molecule has 2 saturated carbocycles. The first-order valence-electron chi connectivity index (χ1n) is 12.3. The van der Waals surface area contributed by atoms with Crippen molar-refractivity contribution in [1.82, 2.24) is 4.98 Å². The van der Waals surface area contributed by atoms with Gasteiger partial charge in [-0.1, -0.05) is 50.7 Å². The van der Waals surface area contributed by atoms with Gasteiger partial charge in [0.1, 0.15) is 0 Å². The SMILES string of the molecule is Cc1sc(NC(=O)C(OC2CCCCC2)c2ccc(S(=O)(=O)C3CCCCC3)cc2)nc1CO. The number of aliphatic hydroxyl groups excluding tert-OH is 1. The van der Waals surface area contributed by atoms with Crippen molar-refractivity contribution in [3.8, 4) is 0 Å². The molecule has 186 valence electrons. The molecule has 4 rings (SSSR count). The Morgan fingerprint density at radius 3 is 2.29 bits per heavy atom. The van der Waals surface area contributed by atoms with Crippen LogP contribution in [0.3, 0.4) is 0 Å². The van der Waals surface area contributed by atoms with Crippen LogP contribution in [-0.2, 0) is 26.0 Å². The third-order valence-electron chi connectivity index (χ3n) is 6.89. The van der Waals surface area contributed by atoms with Crippen molar-refractivity contribution in [2.24, 2.45) is 0 Å². The molecule has 2 fully saturated rings. The van der Waals surface area contributed by atoms with Gasteiger partial charge in [0.25, 0.3) is 5.91 Å². The molecule has 2 aliphatic rings. The number of benzene rings is 1. The summed E-state index contributed by atoms with van der Waals surface area (Å²) in [5.41, 5.74) is 1.17. The highest BCUT2D eigenvalue weighted by atomic mass is 32.2. The predicted octanol–water partition coefficient (Wildman–Crippen LogP) is 5.08. The molecule has 2 aliphatic carbocycles. The lowest BCUT2D eigenvalue weighted by Crippen LogP contribution is -2.29. The van der Waals surface area contributed by atoms with Crippen LogP contribution >= 0.6 is 11.3 Å². The lowest BCUT2D eigenvalue weighted by molar-refractivity contribution is -0.133. The van der Waals surface area contributed by atoms with Crippen LogP contribution in [0.5, 0.6) is 0 Å². The number of anilines is 1. The van der Waals surface area contributed by atoms with Gasteiger partial charge in [-0.3, -0.25) is 10.1 Å². The van der Waals surface area contributed by atoms with Gasteiger partial charge in [-0.15, -0.1) is 11.3 Å². The average molecular weight is 507 g/mol. The first-order chi connectivity index (χ1) is 16.4. The molecule has 1 atom stereocenters. The minimum atomic E-state index is -3.38. The number of hydrogen-bond donors (Lipinski definition) is 2. The number of aryl methyl sites for hydroxylation is 1. The second kappa shape index (κ2) is 11.3. The van der Waals surface area contributed by atoms with Crippen molar-refractivity contribution < 1.29 is 23.1 Å². The summed E-state index contributed by atoms with van der Waals surface area (Å²) in [7, 11) is -3.38. The van der Waals surface area contributed by atoms with E-state index >= 15 is 0 Å². The predicted molar refractivity (Wildman–Crippen MR) is 133 cm³/mol. The number of carbonyl (C=O) groups excluding carboxylic acids is 1. The van der Waals surface area contributed by atoms with E-state index in [0.29, 0.717) is 34.1 Å². The fourth-order valence-corrected chi connectivity index (χ4v) is 7.56. The fourth-order valence-electron chi connectivity index (χ4n) is 4.88. The summed E-state index contributed by atoms with van der Waals surface area (Å²) in [6.45, 7) is 1.66. The van der Waals surface area contributed by atoms with Crippen molar-refractivity contribution in [2.75, 3.05) is 5.32 Å². The maximum Gasteiger partial charge on any atom is 0.259 e. The van der Waals surface area contributed by atoms with Crippen LogP contribution in [0.25, 0.3) is 0 Å². The number of amides is 1. The third kappa shape index (κ3) is 5.87. The summed E-state index contributed by atoms with van der Waals surface area (Å²) >= 11 is 1.31. The van der Waals surface area contributed by atoms with Crippen molar-refractivity contribution in [3.63, 3.8) is 0 Å². The van der Waals surface area contributed by atoms with Gasteiger partial charge in [0.2, 0.25) is 0 Å². The number of nitrogens with one attached hydrogen (secondary N) is 1. The van der Waals surface area contributed by atoms with Crippen LogP contribution in [0.15, 0.2) is 29.2 Å². The van der Waals surface area contributed by atoms with Crippen LogP contribution in [0.2, 0.25) is 0 Å². The van der Waals surface area contributed by atoms with Gasteiger partial charge < -0.3 is 9.84 Å². The number of aromatic nitrogens is 1. The summed E-state index contributed by atoms with van der Waals surface area (Å²) in [6, 6.07) is 6.63. The van der Waals surface area contributed by atoms with Gasteiger partial charge in [0.05, 0.1) is 28.6 Å². The van der Waals surface area contributed by atoms with Crippen LogP contribution in [-0.4, -0.2) is 35.8 Å². The Morgan fingerprint density at radius 1 is 1.09 bits per heavy atom. The number of sulfone groups is 1. The monoisotopic (exact) mass is 506 g/mol. The Labute approximate surface area is 205 Å². The molecule has 0 spiro atoms. The second-order valence-electron chi connectivity index (χ2n) is 9.32. The highest BCUT2D eigenvalue weighted by Gasteiger charge is 2.31. The van der Waals surface area contributed by atoms with Crippen molar-refractivity contribution in [3.05, 3.63) is 40.4 Å². The Hall–Kier alpha value is -1.81. The van der Waals surface area contributed by atoms with Gasteiger partial charge in [-0.2, -0.15) is 0 Å². The zero-order valence-electron chi connectivity index (χ0n) is 19.7. The molecule has 1 aromatic carbocycles. The number of aliphatic hydroxyl groups is 1. The minimum Gasteiger partial charge on any atom is -0.390 e. The molecule has 7 nitrogen and oxygen atoms in total. The summed E-state index contributed by atoms with van der Waals surface area (Å²) in [4.78, 5) is 18.7. The van der Waals surface area contributed by atoms with Crippen molar-refractivity contribution in [2.45, 2.75) is 100 Å². The number of thiazole rings is 1. The third-order valence-corrected chi connectivity index (χ3v) is 10.1. The van der Waals surface area contributed by atoms with E-state index < -0.39 is 15.9 Å². The molecular weight excluding hydrogens is 472 g/mol. The topological polar surface area (TPSA) is 106 Å². The number of hydrogen-bond acceptors (Lipinski definition) is 7. The van der Waals surface area contributed by atoms with E-state index in [9.17, 15) is 18.3 Å². The number of rotatable bonds is 8. The maximum absolute atomic E-state index is 13.3. The van der Waals surface area contributed by atoms with E-state index in [1.807, 2.05) is 6.92 Å². The highest BCUT2D eigenvalue weighted by Crippen LogP contribution is 2.32. The normalized spacial score (nSPS) is 19.1. The molecule has 9 heteroatoms. The van der Waals surface area contributed by atoms with E-state index in [1.165, 1.54) is 17.8 Å². The van der Waals surface area contributed by atoms with Crippen molar-refractivity contribution in [1.29, 1.82) is 0 Å². The lowest BCUT2D eigenvalue weighted by atomic mass is 9.97. The van der Waals surface area contributed by atoms with E-state index in [-0.39, 0.29) is 23.9 Å². The molecule has 0 radical (unpaired) electrons. The van der Waals surface area contributed by atoms with E-state index in [4.69, 9.17) is 4.74 Å². The van der Waals surface area contributed by atoms with E-state index in [0.717, 1.165) is 49.8 Å². The van der Waals surface area contributed by atoms with Gasteiger partial charge in [0, 0.05) is 4.88 Å². The Balaban J connectivity index is 1.55. The second-order valence-corrected chi connectivity index (χ2v) is 12.8. The maximum atomic E-state index is 13.3. The van der Waals surface area contributed by atoms with Crippen LogP contribution < -0.4 is 5.32 Å². The largest absolute Gasteiger partial charge is 0.390 e. The molecule has 1 heterocycles. The summed E-state index contributed by atoms with van der Waals surface area (Å²) in [5, 5.41) is 12.3. The minimum absolute atomic E-state index is 0.0128. The average Bonchev–Trinajstić information content (AvgIpc) is 3.22. The first-order valence-corrected chi connectivity index (χ1v) is 14.6. The standard InChI is InChI=1S/C25H34N2O5S2/c1-17-22(16-28)26-25(33-17)27-24(29)23(32-19-8-4-2-5-9-19)18-12-14-21(15-13-18)34(30,31)20-10-6-3-7-11-20/h12-15,19-20,23,28H,2-11,16H2,1H3,(H,26,27,29). The first kappa shape index (κ1) is 25.3. The van der Waals surface area contributed by atoms with E-state index in [2.05, 4.69) is 10.3 Å². The molecule has 1 aromatic heterocycles. The fraction of sp³-hybridized carbons (Fsp3) is 0.600. The molecule has 1 amide bonds. The van der Waals surface area contributed by atoms with Gasteiger partial charge in [-0.05, 0) is 50.3 Å². The quantitative estimate of drug-likeness (QED) is 0.517. The van der Waals surface area contributed by atoms with Crippen LogP contribution in [0, 0.1) is 6.92 Å². The summed E-state index contributed by atoms with van der Waals surface area (Å²) < 4.78 is 32.5. The number of ether oxygens (including phenoxy) is 1. The summed E-state index contributed by atoms with van der Waals surface area (Å²) in [5.74, 6) is -0.341. The Morgan fingerprint density at radius 2 is 1.71 bits per heavy atom. The highest BCUT2D eigenvalue weighted by molar-refractivity contribution is 7.92. The van der Waals surface area contributed by atoms with Crippen LogP contribution in [0.4, 0.5) is 5.13 Å². The Bertz CT molecular complexity index is 1070. The molecule has 0 bridgehead atoms. The zero-order chi connectivity index (χ0) is 24.1. The van der Waals surface area contributed by atoms with Gasteiger partial charge >= 0.3 is 0 Å². The molecule has 2 aromatic rings. The van der Waals surface area contributed by atoms with Gasteiger partial charge in [0.15, 0.2) is 21.1 Å². The zero-order valence-corrected chi connectivity index (χ0v) is 21.3. The molecule has 34 heavy (non-hydrogen) atoms. The van der Waals surface area contributed by atoms with Crippen LogP contribution in [0.1, 0.15) is 86.4 Å². The Kier molecular flexibility index (Phi) is 8.39. The lowest BCUT2D eigenvalue weighted by Gasteiger charge is -2.27. The number of carbonyl (C=O) groups is 1. The van der Waals surface area contributed by atoms with Gasteiger partial charge in [-0.25, -0.2) is 13.4 Å². The molecule has 2 N–H and O–H groups in total. The molecular formula is C25H34N2O5S2. The van der Waals surface area contributed by atoms with E-state index in [1.54, 1.807) is 24.3 Å². The summed E-state index contributed by atoms with van der Waals surface area (Å²) in [6.07, 6.45) is 8.68. The molecule has 0 saturated heterocycles. The molecule has 1 unspecified atom stereocenters. The molecule has 0 aliphatic heterocycles. The number of nitrogens with zero attached hydrogens (tertiary/aromatic N) is 1. The van der Waals surface area contributed by atoms with Crippen molar-refractivity contribution >= 4 is 32.2 Å².